The van der Waals surface area contributed by atoms with Gasteiger partial charge in [-0.15, -0.1) is 0 Å². The van der Waals surface area contributed by atoms with Gasteiger partial charge in [-0.05, 0) is 56.8 Å². The van der Waals surface area contributed by atoms with Crippen molar-refractivity contribution >= 4 is 0 Å². The largest absolute Gasteiger partial charge is 0.328 e. The summed E-state index contributed by atoms with van der Waals surface area (Å²) in [4.78, 5) is 0. The standard InChI is InChI=1S/C14H26N2/c15-12-5-7-13(8-6-12)16-14-9-10-1-3-11(14)4-2-10/h10-14,16H,1-9,15H2. The minimum absolute atomic E-state index is 0.487. The zero-order valence-electron chi connectivity index (χ0n) is 10.3. The summed E-state index contributed by atoms with van der Waals surface area (Å²) < 4.78 is 0. The van der Waals surface area contributed by atoms with E-state index in [-0.39, 0.29) is 0 Å². The predicted octanol–water partition coefficient (Wildman–Crippen LogP) is 2.42. The van der Waals surface area contributed by atoms with Gasteiger partial charge in [0.25, 0.3) is 0 Å². The molecule has 0 radical (unpaired) electrons. The van der Waals surface area contributed by atoms with Crippen molar-refractivity contribution in [3.63, 3.8) is 0 Å². The van der Waals surface area contributed by atoms with Crippen molar-refractivity contribution in [2.24, 2.45) is 17.6 Å². The monoisotopic (exact) mass is 222 g/mol. The average molecular weight is 222 g/mol. The fraction of sp³-hybridized carbons (Fsp3) is 1.00. The number of rotatable bonds is 2. The number of nitrogens with two attached hydrogens (primary N) is 1. The summed E-state index contributed by atoms with van der Waals surface area (Å²) in [6.07, 6.45) is 12.6. The first-order valence-electron chi connectivity index (χ1n) is 7.33. The molecule has 0 aliphatic heterocycles. The molecule has 1 unspecified atom stereocenters. The highest BCUT2D eigenvalue weighted by Crippen LogP contribution is 2.41. The van der Waals surface area contributed by atoms with Crippen LogP contribution in [0.5, 0.6) is 0 Å². The summed E-state index contributed by atoms with van der Waals surface area (Å²) in [6, 6.07) is 2.12. The van der Waals surface area contributed by atoms with Crippen molar-refractivity contribution in [3.8, 4) is 0 Å². The first kappa shape index (κ1) is 11.0. The van der Waals surface area contributed by atoms with Crippen LogP contribution in [0.15, 0.2) is 0 Å². The third-order valence-electron chi connectivity index (χ3n) is 5.27. The molecule has 2 heteroatoms. The summed E-state index contributed by atoms with van der Waals surface area (Å²) in [5, 5.41) is 3.95. The molecular weight excluding hydrogens is 196 g/mol. The van der Waals surface area contributed by atoms with Gasteiger partial charge >= 0.3 is 0 Å². The molecule has 0 aromatic rings. The lowest BCUT2D eigenvalue weighted by atomic mass is 9.67. The zero-order valence-corrected chi connectivity index (χ0v) is 10.3. The van der Waals surface area contributed by atoms with Crippen LogP contribution in [0.25, 0.3) is 0 Å². The van der Waals surface area contributed by atoms with Gasteiger partial charge in [-0.3, -0.25) is 0 Å². The third kappa shape index (κ3) is 2.28. The second-order valence-electron chi connectivity index (χ2n) is 6.40. The van der Waals surface area contributed by atoms with Crippen LogP contribution in [0, 0.1) is 11.8 Å². The number of hydrogen-bond donors (Lipinski definition) is 2. The summed E-state index contributed by atoms with van der Waals surface area (Å²) in [6.45, 7) is 0. The van der Waals surface area contributed by atoms with Crippen LogP contribution in [0.4, 0.5) is 0 Å². The molecule has 2 nitrogen and oxygen atoms in total. The fourth-order valence-corrected chi connectivity index (χ4v) is 4.17. The van der Waals surface area contributed by atoms with Crippen LogP contribution in [0.1, 0.15) is 57.8 Å². The van der Waals surface area contributed by atoms with Crippen molar-refractivity contribution in [2.75, 3.05) is 0 Å². The molecule has 4 rings (SSSR count). The molecule has 4 aliphatic carbocycles. The Bertz CT molecular complexity index is 225. The van der Waals surface area contributed by atoms with Crippen LogP contribution in [-0.2, 0) is 0 Å². The molecule has 3 N–H and O–H groups in total. The minimum Gasteiger partial charge on any atom is -0.328 e. The van der Waals surface area contributed by atoms with Crippen LogP contribution >= 0.6 is 0 Å². The Morgan fingerprint density at radius 2 is 1.50 bits per heavy atom. The topological polar surface area (TPSA) is 38.0 Å². The fourth-order valence-electron chi connectivity index (χ4n) is 4.17. The van der Waals surface area contributed by atoms with Gasteiger partial charge in [0.2, 0.25) is 0 Å². The van der Waals surface area contributed by atoms with Crippen molar-refractivity contribution in [2.45, 2.75) is 75.9 Å². The van der Waals surface area contributed by atoms with Crippen LogP contribution in [0.3, 0.4) is 0 Å². The van der Waals surface area contributed by atoms with Gasteiger partial charge in [-0.2, -0.15) is 0 Å². The van der Waals surface area contributed by atoms with E-state index in [1.54, 1.807) is 0 Å². The van der Waals surface area contributed by atoms with E-state index in [1.165, 1.54) is 57.8 Å². The summed E-state index contributed by atoms with van der Waals surface area (Å²) >= 11 is 0. The molecule has 2 bridgehead atoms. The highest BCUT2D eigenvalue weighted by atomic mass is 15.0. The van der Waals surface area contributed by atoms with E-state index in [0.717, 1.165) is 23.9 Å². The third-order valence-corrected chi connectivity index (χ3v) is 5.27. The lowest BCUT2D eigenvalue weighted by Crippen LogP contribution is -2.50. The van der Waals surface area contributed by atoms with E-state index in [4.69, 9.17) is 5.73 Å². The molecule has 16 heavy (non-hydrogen) atoms. The summed E-state index contributed by atoms with van der Waals surface area (Å²) in [5.41, 5.74) is 5.96. The van der Waals surface area contributed by atoms with E-state index in [9.17, 15) is 0 Å². The maximum absolute atomic E-state index is 5.96. The molecule has 0 heterocycles. The molecular formula is C14H26N2. The molecule has 0 aromatic carbocycles. The van der Waals surface area contributed by atoms with Crippen molar-refractivity contribution < 1.29 is 0 Å². The number of fused-ring (bicyclic) bond motifs is 3. The van der Waals surface area contributed by atoms with Crippen LogP contribution in [0.2, 0.25) is 0 Å². The lowest BCUT2D eigenvalue weighted by molar-refractivity contribution is 0.109. The van der Waals surface area contributed by atoms with Crippen molar-refractivity contribution in [1.82, 2.24) is 5.32 Å². The van der Waals surface area contributed by atoms with Crippen LogP contribution < -0.4 is 11.1 Å². The minimum atomic E-state index is 0.487. The van der Waals surface area contributed by atoms with Crippen LogP contribution in [-0.4, -0.2) is 18.1 Å². The molecule has 0 saturated heterocycles. The van der Waals surface area contributed by atoms with E-state index in [2.05, 4.69) is 5.32 Å². The molecule has 4 saturated carbocycles. The number of nitrogens with one attached hydrogen (secondary N) is 1. The quantitative estimate of drug-likeness (QED) is 0.753. The van der Waals surface area contributed by atoms with Crippen molar-refractivity contribution in [3.05, 3.63) is 0 Å². The molecule has 0 spiro atoms. The Morgan fingerprint density at radius 1 is 0.812 bits per heavy atom. The molecule has 4 fully saturated rings. The molecule has 1 atom stereocenters. The Morgan fingerprint density at radius 3 is 2.06 bits per heavy atom. The Balaban J connectivity index is 1.51. The molecule has 4 aliphatic rings. The Hall–Kier alpha value is -0.0800. The first-order valence-corrected chi connectivity index (χ1v) is 7.33. The van der Waals surface area contributed by atoms with Crippen molar-refractivity contribution in [1.29, 1.82) is 0 Å². The predicted molar refractivity (Wildman–Crippen MR) is 67.2 cm³/mol. The molecule has 0 aromatic heterocycles. The van der Waals surface area contributed by atoms with Gasteiger partial charge in [0, 0.05) is 18.1 Å². The number of hydrogen-bond acceptors (Lipinski definition) is 2. The molecule has 92 valence electrons. The van der Waals surface area contributed by atoms with Gasteiger partial charge in [-0.25, -0.2) is 0 Å². The van der Waals surface area contributed by atoms with Gasteiger partial charge in [0.1, 0.15) is 0 Å². The van der Waals surface area contributed by atoms with E-state index in [1.807, 2.05) is 0 Å². The van der Waals surface area contributed by atoms with Gasteiger partial charge < -0.3 is 11.1 Å². The summed E-state index contributed by atoms with van der Waals surface area (Å²) in [7, 11) is 0. The Labute approximate surface area is 99.4 Å². The maximum atomic E-state index is 5.96. The normalized spacial score (nSPS) is 48.2. The second-order valence-corrected chi connectivity index (χ2v) is 6.40. The average Bonchev–Trinajstić information content (AvgIpc) is 2.34. The van der Waals surface area contributed by atoms with Gasteiger partial charge in [-0.1, -0.05) is 12.8 Å². The van der Waals surface area contributed by atoms with Gasteiger partial charge in [0.15, 0.2) is 0 Å². The highest BCUT2D eigenvalue weighted by Gasteiger charge is 2.36. The maximum Gasteiger partial charge on any atom is 0.0101 e. The SMILES string of the molecule is NC1CCC(NC2CC3CCC2CC3)CC1. The van der Waals surface area contributed by atoms with Gasteiger partial charge in [0.05, 0.1) is 0 Å². The smallest absolute Gasteiger partial charge is 0.0101 e. The van der Waals surface area contributed by atoms with E-state index < -0.39 is 0 Å². The zero-order chi connectivity index (χ0) is 11.0. The van der Waals surface area contributed by atoms with E-state index in [0.29, 0.717) is 6.04 Å². The van der Waals surface area contributed by atoms with E-state index >= 15 is 0 Å². The summed E-state index contributed by atoms with van der Waals surface area (Å²) in [5.74, 6) is 2.05. The highest BCUT2D eigenvalue weighted by molar-refractivity contribution is 4.93. The second kappa shape index (κ2) is 4.66. The Kier molecular flexibility index (Phi) is 3.21. The first-order chi connectivity index (χ1) is 7.81. The lowest BCUT2D eigenvalue weighted by Gasteiger charge is -2.45. The molecule has 0 amide bonds.